The van der Waals surface area contributed by atoms with E-state index in [2.05, 4.69) is 4.98 Å². The molecule has 0 spiro atoms. The maximum atomic E-state index is 13.8. The molecule has 0 amide bonds. The summed E-state index contributed by atoms with van der Waals surface area (Å²) in [6.45, 7) is 1.83. The van der Waals surface area contributed by atoms with Crippen LogP contribution >= 0.6 is 0 Å². The topological polar surface area (TPSA) is 59.4 Å². The zero-order valence-corrected chi connectivity index (χ0v) is 10.7. The molecule has 0 atom stereocenters. The van der Waals surface area contributed by atoms with Crippen molar-refractivity contribution in [3.63, 3.8) is 0 Å². The Bertz CT molecular complexity index is 651. The van der Waals surface area contributed by atoms with Crippen molar-refractivity contribution in [2.45, 2.75) is 6.92 Å². The van der Waals surface area contributed by atoms with Gasteiger partial charge in [0.15, 0.2) is 11.6 Å². The summed E-state index contributed by atoms with van der Waals surface area (Å²) in [5.74, 6) is -1.34. The molecule has 0 aliphatic carbocycles. The highest BCUT2D eigenvalue weighted by Crippen LogP contribution is 2.29. The minimum atomic E-state index is -1.11. The van der Waals surface area contributed by atoms with Gasteiger partial charge in [0.05, 0.1) is 6.20 Å². The number of carboxylic acid groups (broad SMARTS) is 1. The number of aromatic nitrogens is 1. The first-order valence-corrected chi connectivity index (χ1v) is 5.86. The second-order valence-corrected chi connectivity index (χ2v) is 4.07. The third-order valence-electron chi connectivity index (χ3n) is 2.51. The van der Waals surface area contributed by atoms with Gasteiger partial charge in [-0.05, 0) is 31.2 Å². The number of hydrogen-bond acceptors (Lipinski definition) is 3. The summed E-state index contributed by atoms with van der Waals surface area (Å²) in [6, 6.07) is 7.70. The van der Waals surface area contributed by atoms with Gasteiger partial charge in [0, 0.05) is 17.3 Å². The van der Waals surface area contributed by atoms with Crippen LogP contribution in [0.1, 0.15) is 11.3 Å². The van der Waals surface area contributed by atoms with E-state index in [-0.39, 0.29) is 5.75 Å². The predicted molar refractivity (Wildman–Crippen MR) is 72.1 cm³/mol. The fourth-order valence-corrected chi connectivity index (χ4v) is 1.56. The summed E-state index contributed by atoms with van der Waals surface area (Å²) < 4.78 is 19.3. The van der Waals surface area contributed by atoms with Crippen LogP contribution in [0.5, 0.6) is 11.5 Å². The zero-order chi connectivity index (χ0) is 14.5. The lowest BCUT2D eigenvalue weighted by Gasteiger charge is -2.09. The van der Waals surface area contributed by atoms with Crippen LogP contribution in [-0.2, 0) is 4.79 Å². The average molecular weight is 273 g/mol. The third-order valence-corrected chi connectivity index (χ3v) is 2.51. The van der Waals surface area contributed by atoms with Crippen molar-refractivity contribution in [1.82, 2.24) is 4.98 Å². The van der Waals surface area contributed by atoms with Gasteiger partial charge >= 0.3 is 5.97 Å². The van der Waals surface area contributed by atoms with Crippen LogP contribution in [-0.4, -0.2) is 16.1 Å². The highest BCUT2D eigenvalue weighted by molar-refractivity contribution is 5.85. The van der Waals surface area contributed by atoms with Crippen molar-refractivity contribution in [2.75, 3.05) is 0 Å². The van der Waals surface area contributed by atoms with E-state index in [4.69, 9.17) is 9.84 Å². The van der Waals surface area contributed by atoms with E-state index >= 15 is 0 Å². The number of benzene rings is 1. The molecule has 20 heavy (non-hydrogen) atoms. The van der Waals surface area contributed by atoms with Gasteiger partial charge in [0.25, 0.3) is 0 Å². The molecule has 2 rings (SSSR count). The highest BCUT2D eigenvalue weighted by atomic mass is 19.1. The second-order valence-electron chi connectivity index (χ2n) is 4.07. The zero-order valence-electron chi connectivity index (χ0n) is 10.7. The second kappa shape index (κ2) is 5.97. The smallest absolute Gasteiger partial charge is 0.328 e. The Balaban J connectivity index is 2.34. The first kappa shape index (κ1) is 13.7. The Morgan fingerprint density at radius 1 is 1.35 bits per heavy atom. The number of halogens is 1. The molecule has 0 radical (unpaired) electrons. The number of pyridine rings is 1. The lowest BCUT2D eigenvalue weighted by Crippen LogP contribution is -1.93. The van der Waals surface area contributed by atoms with E-state index in [1.807, 2.05) is 6.92 Å². The van der Waals surface area contributed by atoms with E-state index in [1.165, 1.54) is 24.4 Å². The maximum Gasteiger partial charge on any atom is 0.328 e. The van der Waals surface area contributed by atoms with Crippen LogP contribution in [0.15, 0.2) is 42.6 Å². The van der Waals surface area contributed by atoms with Gasteiger partial charge in [-0.15, -0.1) is 0 Å². The molecule has 0 aliphatic rings. The Hall–Kier alpha value is -2.69. The van der Waals surface area contributed by atoms with Crippen molar-refractivity contribution in [3.8, 4) is 11.5 Å². The Kier molecular flexibility index (Phi) is 4.10. The molecule has 102 valence electrons. The number of nitrogens with zero attached hydrogens (tertiary/aromatic N) is 1. The molecular weight excluding hydrogens is 261 g/mol. The molecule has 1 aromatic carbocycles. The normalized spacial score (nSPS) is 10.7. The monoisotopic (exact) mass is 273 g/mol. The van der Waals surface area contributed by atoms with Gasteiger partial charge in [-0.3, -0.25) is 4.98 Å². The van der Waals surface area contributed by atoms with Crippen molar-refractivity contribution >= 4 is 12.0 Å². The summed E-state index contributed by atoms with van der Waals surface area (Å²) in [5, 5.41) is 8.62. The maximum absolute atomic E-state index is 13.8. The minimum Gasteiger partial charge on any atom is -0.478 e. The van der Waals surface area contributed by atoms with Crippen LogP contribution in [0.2, 0.25) is 0 Å². The standard InChI is InChI=1S/C15H12FNO3/c1-10-5-7-12(9-17-10)20-15-11(6-8-14(18)19)3-2-4-13(15)16/h2-9H,1H3,(H,18,19)/b8-6+. The molecule has 5 heteroatoms. The lowest BCUT2D eigenvalue weighted by molar-refractivity contribution is -0.131. The largest absolute Gasteiger partial charge is 0.478 e. The molecule has 4 nitrogen and oxygen atoms in total. The molecule has 0 saturated heterocycles. The molecular formula is C15H12FNO3. The summed E-state index contributed by atoms with van der Waals surface area (Å²) in [4.78, 5) is 14.6. The highest BCUT2D eigenvalue weighted by Gasteiger charge is 2.09. The fraction of sp³-hybridized carbons (Fsp3) is 0.0667. The van der Waals surface area contributed by atoms with Gasteiger partial charge in [-0.2, -0.15) is 0 Å². The number of carboxylic acids is 1. The van der Waals surface area contributed by atoms with Crippen LogP contribution in [0, 0.1) is 12.7 Å². The molecule has 2 aromatic rings. The first-order chi connectivity index (χ1) is 9.56. The average Bonchev–Trinajstić information content (AvgIpc) is 2.41. The van der Waals surface area contributed by atoms with Gasteiger partial charge in [0.2, 0.25) is 0 Å². The number of hydrogen-bond donors (Lipinski definition) is 1. The number of carbonyl (C=O) groups is 1. The number of aliphatic carboxylic acids is 1. The Morgan fingerprint density at radius 3 is 2.80 bits per heavy atom. The van der Waals surface area contributed by atoms with Gasteiger partial charge in [0.1, 0.15) is 5.75 Å². The van der Waals surface area contributed by atoms with Gasteiger partial charge in [-0.1, -0.05) is 12.1 Å². The quantitative estimate of drug-likeness (QED) is 0.867. The number of aryl methyl sites for hydroxylation is 1. The number of rotatable bonds is 4. The molecule has 0 fully saturated rings. The molecule has 0 bridgehead atoms. The summed E-state index contributed by atoms with van der Waals surface area (Å²) in [6.07, 6.45) is 3.68. The van der Waals surface area contributed by atoms with Crippen molar-refractivity contribution < 1.29 is 19.0 Å². The Labute approximate surface area is 115 Å². The Morgan fingerprint density at radius 2 is 2.15 bits per heavy atom. The molecule has 1 N–H and O–H groups in total. The summed E-state index contributed by atoms with van der Waals surface area (Å²) >= 11 is 0. The van der Waals surface area contributed by atoms with Gasteiger partial charge < -0.3 is 9.84 Å². The van der Waals surface area contributed by atoms with E-state index in [0.717, 1.165) is 11.8 Å². The number of para-hydroxylation sites is 1. The molecule has 0 saturated carbocycles. The van der Waals surface area contributed by atoms with E-state index in [1.54, 1.807) is 18.2 Å². The molecule has 1 aromatic heterocycles. The van der Waals surface area contributed by atoms with Crippen LogP contribution in [0.25, 0.3) is 6.08 Å². The molecule has 0 aliphatic heterocycles. The summed E-state index contributed by atoms with van der Waals surface area (Å²) in [7, 11) is 0. The predicted octanol–water partition coefficient (Wildman–Crippen LogP) is 3.42. The molecule has 0 unspecified atom stereocenters. The van der Waals surface area contributed by atoms with Crippen molar-refractivity contribution in [2.24, 2.45) is 0 Å². The van der Waals surface area contributed by atoms with E-state index in [0.29, 0.717) is 11.3 Å². The van der Waals surface area contributed by atoms with Crippen molar-refractivity contribution in [1.29, 1.82) is 0 Å². The van der Waals surface area contributed by atoms with Crippen LogP contribution in [0.3, 0.4) is 0 Å². The molecule has 1 heterocycles. The van der Waals surface area contributed by atoms with E-state index < -0.39 is 11.8 Å². The SMILES string of the molecule is Cc1ccc(Oc2c(F)cccc2/C=C/C(=O)O)cn1. The summed E-state index contributed by atoms with van der Waals surface area (Å²) in [5.41, 5.74) is 1.16. The fourth-order valence-electron chi connectivity index (χ4n) is 1.56. The van der Waals surface area contributed by atoms with Crippen LogP contribution < -0.4 is 4.74 Å². The minimum absolute atomic E-state index is 0.0318. The van der Waals surface area contributed by atoms with Crippen molar-refractivity contribution in [3.05, 3.63) is 59.7 Å². The van der Waals surface area contributed by atoms with Gasteiger partial charge in [-0.25, -0.2) is 9.18 Å². The van der Waals surface area contributed by atoms with Crippen LogP contribution in [0.4, 0.5) is 4.39 Å². The van der Waals surface area contributed by atoms with E-state index in [9.17, 15) is 9.18 Å². The lowest BCUT2D eigenvalue weighted by atomic mass is 10.2. The first-order valence-electron chi connectivity index (χ1n) is 5.86. The number of ether oxygens (including phenoxy) is 1. The third kappa shape index (κ3) is 3.41.